The van der Waals surface area contributed by atoms with Gasteiger partial charge in [0.15, 0.2) is 11.8 Å². The first kappa shape index (κ1) is 87.2. The van der Waals surface area contributed by atoms with Gasteiger partial charge in [-0.1, -0.05) is 299 Å². The Kier molecular flexibility index (Phi) is 41.8. The zero-order valence-corrected chi connectivity index (χ0v) is 65.4. The number of fused-ring (bicyclic) bond motifs is 6. The number of rotatable bonds is 55. The number of phosphoric acid groups is 1. The van der Waals surface area contributed by atoms with E-state index in [2.05, 4.69) is 184 Å². The molecule has 2 atom stereocenters. The van der Waals surface area contributed by atoms with Crippen molar-refractivity contribution in [3.8, 4) is 0 Å². The molecule has 2 aliphatic rings. The second-order valence-corrected chi connectivity index (χ2v) is 30.8. The van der Waals surface area contributed by atoms with Crippen LogP contribution in [0.4, 0.5) is 16.2 Å². The summed E-state index contributed by atoms with van der Waals surface area (Å²) in [5.41, 5.74) is 7.19. The average Bonchev–Trinajstić information content (AvgIpc) is 1.59. The van der Waals surface area contributed by atoms with Gasteiger partial charge < -0.3 is 49.8 Å². The SMILES string of the molecule is CCCCCCCCCCCCCCCCCC(=O)OCC(COP(=O)([O-])OCCNC(=O)OCCNC(=O)CCCCCN1\C(=C/C=C/C=C/C=C/C2=[N+](C)c3ccc4ccccc4c3C2(C)C)C(C)(C)c2c1ccc1ccccc21)OC(=O)CCCCCCCCCCCCCCCCC.N. The summed E-state index contributed by atoms with van der Waals surface area (Å²) in [6.07, 6.45) is 52.3. The minimum atomic E-state index is -4.94. The molecule has 2 amide bonds. The second kappa shape index (κ2) is 49.4. The highest BCUT2D eigenvalue weighted by molar-refractivity contribution is 7.45. The predicted octanol–water partition coefficient (Wildman–Crippen LogP) is 21.4. The van der Waals surface area contributed by atoms with E-state index in [4.69, 9.17) is 23.3 Å². The zero-order valence-electron chi connectivity index (χ0n) is 64.5. The van der Waals surface area contributed by atoms with Gasteiger partial charge in [-0.15, -0.1) is 0 Å². The predicted molar refractivity (Wildman–Crippen MR) is 423 cm³/mol. The maximum Gasteiger partial charge on any atom is 0.407 e. The molecule has 2 aliphatic heterocycles. The van der Waals surface area contributed by atoms with E-state index in [9.17, 15) is 28.6 Å². The van der Waals surface area contributed by atoms with Crippen LogP contribution in [0, 0.1) is 0 Å². The van der Waals surface area contributed by atoms with Crippen LogP contribution in [0.3, 0.4) is 0 Å². The van der Waals surface area contributed by atoms with E-state index in [0.29, 0.717) is 25.7 Å². The average molecular weight is 1440 g/mol. The summed E-state index contributed by atoms with van der Waals surface area (Å²) < 4.78 is 41.6. The number of unbranched alkanes of at least 4 members (excludes halogenated alkanes) is 30. The number of benzene rings is 4. The summed E-state index contributed by atoms with van der Waals surface area (Å²) in [5.74, 6) is -1.11. The quantitative estimate of drug-likeness (QED) is 0.00936. The molecule has 0 fully saturated rings. The lowest BCUT2D eigenvalue weighted by atomic mass is 9.79. The van der Waals surface area contributed by atoms with E-state index in [1.165, 1.54) is 197 Å². The van der Waals surface area contributed by atoms with Crippen LogP contribution < -0.4 is 26.6 Å². The van der Waals surface area contributed by atoms with Crippen LogP contribution in [-0.2, 0) is 53.0 Å². The van der Waals surface area contributed by atoms with Crippen molar-refractivity contribution >= 4 is 70.4 Å². The highest BCUT2D eigenvalue weighted by atomic mass is 31.2. The van der Waals surface area contributed by atoms with Crippen molar-refractivity contribution < 1.29 is 56.5 Å². The van der Waals surface area contributed by atoms with Crippen LogP contribution in [-0.4, -0.2) is 93.4 Å². The maximum absolute atomic E-state index is 13.0. The maximum atomic E-state index is 13.0. The number of allylic oxidation sites excluding steroid dienone is 8. The van der Waals surface area contributed by atoms with Gasteiger partial charge in [0, 0.05) is 66.9 Å². The smallest absolute Gasteiger partial charge is 0.407 e. The molecule has 4 aromatic rings. The molecule has 103 heavy (non-hydrogen) atoms. The monoisotopic (exact) mass is 1440 g/mol. The molecule has 0 saturated heterocycles. The molecule has 2 heterocycles. The van der Waals surface area contributed by atoms with Crippen molar-refractivity contribution in [3.05, 3.63) is 132 Å². The van der Waals surface area contributed by atoms with Gasteiger partial charge in [0.1, 0.15) is 20.3 Å². The molecule has 5 N–H and O–H groups in total. The highest BCUT2D eigenvalue weighted by Gasteiger charge is 2.44. The number of carbonyl (C=O) groups excluding carboxylic acids is 4. The van der Waals surface area contributed by atoms with Gasteiger partial charge in [-0.25, -0.2) is 4.79 Å². The van der Waals surface area contributed by atoms with Gasteiger partial charge in [0.2, 0.25) is 11.6 Å². The second-order valence-electron chi connectivity index (χ2n) is 29.4. The number of ether oxygens (including phenoxy) is 3. The molecule has 0 aromatic heterocycles. The van der Waals surface area contributed by atoms with Gasteiger partial charge in [0.05, 0.1) is 25.2 Å². The summed E-state index contributed by atoms with van der Waals surface area (Å²) in [7, 11) is -2.79. The summed E-state index contributed by atoms with van der Waals surface area (Å²) in [6, 6.07) is 26.1. The number of nitrogens with zero attached hydrogens (tertiary/aromatic N) is 2. The molecule has 0 radical (unpaired) electrons. The normalized spacial score (nSPS) is 15.1. The minimum Gasteiger partial charge on any atom is -0.756 e. The number of hydrogen-bond donors (Lipinski definition) is 3. The van der Waals surface area contributed by atoms with E-state index >= 15 is 0 Å². The number of phosphoric ester groups is 1. The van der Waals surface area contributed by atoms with E-state index in [1.807, 2.05) is 0 Å². The standard InChI is InChI=1S/C86H129N4O11P.H3N/c1-8-10-12-14-16-18-20-22-24-26-28-30-32-37-43-57-80(92)98-68-72(101-81(93)58-44-38-33-31-29-27-25-23-21-19-17-15-13-11-9-2)69-100-102(95,96)99-67-64-88-84(94)97-66-63-87-79(91)56-42-39-49-65-90-76-62-60-71-51-46-48-53-74(71)83(76)86(5,6)78(90)55-41-36-34-35-40-54-77-85(3,4)82-73-52-47-45-50-70(73)59-61-75(82)89(77)7;/h34-36,40-41,45-48,50-55,59-62,72H,8-33,37-39,42-44,49,56-58,63-69H2,1-7H3,(H2-,87,88,91,94,95,96);1H3. The van der Waals surface area contributed by atoms with Crippen molar-refractivity contribution in [1.29, 1.82) is 0 Å². The molecule has 0 saturated carbocycles. The lowest BCUT2D eigenvalue weighted by Gasteiger charge is -2.27. The third-order valence-corrected chi connectivity index (χ3v) is 21.2. The molecule has 2 unspecified atom stereocenters. The molecular formula is C86H132N5O11P. The first-order valence-corrected chi connectivity index (χ1v) is 41.2. The Morgan fingerprint density at radius 1 is 0.515 bits per heavy atom. The number of hydrogen-bond acceptors (Lipinski definition) is 13. The number of nitrogens with one attached hydrogen (secondary N) is 2. The Balaban J connectivity index is 0.0000191. The van der Waals surface area contributed by atoms with Crippen LogP contribution in [0.2, 0.25) is 0 Å². The van der Waals surface area contributed by atoms with Gasteiger partial charge >= 0.3 is 18.0 Å². The zero-order chi connectivity index (χ0) is 73.1. The molecule has 17 heteroatoms. The number of alkyl carbamates (subject to hydrolysis) is 1. The Hall–Kier alpha value is -6.42. The van der Waals surface area contributed by atoms with Crippen LogP contribution in [0.15, 0.2) is 121 Å². The number of amides is 2. The van der Waals surface area contributed by atoms with Crippen molar-refractivity contribution in [2.24, 2.45) is 0 Å². The minimum absolute atomic E-state index is 0. The largest absolute Gasteiger partial charge is 0.756 e. The van der Waals surface area contributed by atoms with E-state index in [0.717, 1.165) is 57.9 Å². The van der Waals surface area contributed by atoms with Crippen molar-refractivity contribution in [1.82, 2.24) is 16.8 Å². The Morgan fingerprint density at radius 2 is 0.990 bits per heavy atom. The van der Waals surface area contributed by atoms with Gasteiger partial charge in [-0.05, 0) is 84.8 Å². The fourth-order valence-electron chi connectivity index (χ4n) is 14.6. The van der Waals surface area contributed by atoms with Gasteiger partial charge in [-0.3, -0.25) is 18.9 Å². The first-order chi connectivity index (χ1) is 49.5. The van der Waals surface area contributed by atoms with E-state index in [1.54, 1.807) is 0 Å². The molecule has 6 rings (SSSR count). The lowest BCUT2D eigenvalue weighted by molar-refractivity contribution is -0.401. The molecule has 572 valence electrons. The number of esters is 2. The van der Waals surface area contributed by atoms with E-state index in [-0.39, 0.29) is 62.0 Å². The molecule has 0 aliphatic carbocycles. The number of anilines is 1. The summed E-state index contributed by atoms with van der Waals surface area (Å²) in [4.78, 5) is 66.5. The van der Waals surface area contributed by atoms with Gasteiger partial charge in [0.25, 0.3) is 7.82 Å². The first-order valence-electron chi connectivity index (χ1n) is 39.8. The van der Waals surface area contributed by atoms with Crippen molar-refractivity contribution in [3.63, 3.8) is 0 Å². The molecule has 0 spiro atoms. The third-order valence-electron chi connectivity index (χ3n) is 20.3. The fourth-order valence-corrected chi connectivity index (χ4v) is 15.3. The van der Waals surface area contributed by atoms with Crippen LogP contribution in [0.1, 0.15) is 284 Å². The van der Waals surface area contributed by atoms with E-state index < -0.39 is 45.2 Å². The van der Waals surface area contributed by atoms with Gasteiger partial charge in [-0.2, -0.15) is 4.58 Å². The topological polar surface area (TPSA) is 220 Å². The highest BCUT2D eigenvalue weighted by Crippen LogP contribution is 2.51. The Labute approximate surface area is 620 Å². The molecular weight excluding hydrogens is 1310 g/mol. The molecule has 16 nitrogen and oxygen atoms in total. The third kappa shape index (κ3) is 31.3. The Morgan fingerprint density at radius 3 is 1.56 bits per heavy atom. The Bertz CT molecular complexity index is 3370. The summed E-state index contributed by atoms with van der Waals surface area (Å²) in [6.45, 7) is 12.9. The number of carbonyl (C=O) groups is 4. The van der Waals surface area contributed by atoms with Crippen molar-refractivity contribution in [2.45, 2.75) is 290 Å². The fraction of sp³-hybridized carbons (Fsp3) is 0.616. The van der Waals surface area contributed by atoms with Crippen LogP contribution >= 0.6 is 7.82 Å². The lowest BCUT2D eigenvalue weighted by Crippen LogP contribution is -2.32. The summed E-state index contributed by atoms with van der Waals surface area (Å²) in [5, 5.41) is 10.3. The van der Waals surface area contributed by atoms with Crippen LogP contribution in [0.25, 0.3) is 21.5 Å². The van der Waals surface area contributed by atoms with Crippen molar-refractivity contribution in [2.75, 3.05) is 58.0 Å². The summed E-state index contributed by atoms with van der Waals surface area (Å²) >= 11 is 0. The molecule has 0 bridgehead atoms. The van der Waals surface area contributed by atoms with Crippen LogP contribution in [0.5, 0.6) is 0 Å². The molecule has 4 aromatic carbocycles.